The van der Waals surface area contributed by atoms with Gasteiger partial charge in [-0.1, -0.05) is 267 Å². The van der Waals surface area contributed by atoms with E-state index in [1.54, 1.807) is 0 Å². The molecule has 0 aliphatic rings. The zero-order chi connectivity index (χ0) is 57.2. The Hall–Kier alpha value is -2.81. The molecular weight excluding hydrogens is 988 g/mol. The van der Waals surface area contributed by atoms with Crippen LogP contribution in [0.25, 0.3) is 0 Å². The van der Waals surface area contributed by atoms with Crippen LogP contribution in [0.3, 0.4) is 0 Å². The summed E-state index contributed by atoms with van der Waals surface area (Å²) in [5, 5.41) is 2.98. The molecule has 0 heterocycles. The fourth-order valence-corrected chi connectivity index (χ4v) is 9.82. The first kappa shape index (κ1) is 75.2. The van der Waals surface area contributed by atoms with Gasteiger partial charge < -0.3 is 28.5 Å². The predicted molar refractivity (Wildman–Crippen MR) is 335 cm³/mol. The van der Waals surface area contributed by atoms with Gasteiger partial charge in [0.25, 0.3) is 7.82 Å². The van der Waals surface area contributed by atoms with Gasteiger partial charge in [-0.2, -0.15) is 0 Å². The minimum absolute atomic E-state index is 0.0379. The Labute approximate surface area is 482 Å². The van der Waals surface area contributed by atoms with Crippen molar-refractivity contribution in [3.8, 4) is 0 Å². The Balaban J connectivity index is 5.26. The van der Waals surface area contributed by atoms with Crippen LogP contribution in [0.15, 0.2) is 85.1 Å². The van der Waals surface area contributed by atoms with E-state index in [1.165, 1.54) is 173 Å². The average Bonchev–Trinajstić information content (AvgIpc) is 3.40. The molecular formula is C68H123N2O7P. The third kappa shape index (κ3) is 57.9. The Kier molecular flexibility index (Phi) is 55.4. The van der Waals surface area contributed by atoms with Gasteiger partial charge in [-0.15, -0.1) is 0 Å². The fourth-order valence-electron chi connectivity index (χ4n) is 9.09. The lowest BCUT2D eigenvalue weighted by Gasteiger charge is -2.30. The van der Waals surface area contributed by atoms with Crippen molar-refractivity contribution in [1.82, 2.24) is 5.32 Å². The molecule has 78 heavy (non-hydrogen) atoms. The van der Waals surface area contributed by atoms with Crippen molar-refractivity contribution in [2.45, 2.75) is 296 Å². The summed E-state index contributed by atoms with van der Waals surface area (Å²) in [6.07, 6.45) is 75.8. The number of unbranched alkanes of at least 4 members (excludes halogenated alkanes) is 30. The fraction of sp³-hybridized carbons (Fsp3) is 0.765. The molecule has 452 valence electrons. The standard InChI is InChI=1S/C68H123N2O7P/c1-7-10-13-16-19-22-25-28-30-32-33-34-35-36-37-38-40-43-46-49-52-55-58-61-68(72)77-66(59-56-53-50-47-44-41-27-24-21-18-15-12-9-3)65(64-76-78(73,74)75-63-62-70(4,5)6)69-67(71)60-57-54-51-48-45-42-39-31-29-26-23-20-17-14-11-8-2/h11,14,20,23,28-31,42,45,51,54,56,59,65-66H,7-10,12-13,15-19,21-22,24-27,32-41,43-44,46-50,52-53,55,57-58,60-64H2,1-6H3,(H-,69,71,73,74)/b14-11+,23-20+,30-28+,31-29+,45-42+,54-51+,59-56-. The topological polar surface area (TPSA) is 114 Å². The number of quaternary nitrogens is 1. The number of carbonyl (C=O) groups is 2. The molecule has 0 radical (unpaired) electrons. The minimum Gasteiger partial charge on any atom is -0.756 e. The molecule has 0 saturated heterocycles. The molecule has 1 N–H and O–H groups in total. The molecule has 3 unspecified atom stereocenters. The van der Waals surface area contributed by atoms with E-state index < -0.39 is 26.6 Å². The van der Waals surface area contributed by atoms with Crippen LogP contribution in [0.2, 0.25) is 0 Å². The number of amides is 1. The number of ether oxygens (including phenoxy) is 1. The quantitative estimate of drug-likeness (QED) is 0.0212. The van der Waals surface area contributed by atoms with Crippen molar-refractivity contribution in [3.63, 3.8) is 0 Å². The van der Waals surface area contributed by atoms with Gasteiger partial charge in [0.05, 0.1) is 33.8 Å². The normalized spacial score (nSPS) is 14.2. The molecule has 1 amide bonds. The summed E-state index contributed by atoms with van der Waals surface area (Å²) in [6.45, 7) is 6.68. The van der Waals surface area contributed by atoms with Crippen molar-refractivity contribution in [3.05, 3.63) is 85.1 Å². The third-order valence-corrected chi connectivity index (χ3v) is 15.0. The van der Waals surface area contributed by atoms with E-state index in [1.807, 2.05) is 45.4 Å². The van der Waals surface area contributed by atoms with E-state index in [2.05, 4.69) is 86.8 Å². The van der Waals surface area contributed by atoms with Crippen LogP contribution in [-0.2, 0) is 27.9 Å². The molecule has 0 bridgehead atoms. The first-order valence-corrected chi connectivity index (χ1v) is 33.9. The van der Waals surface area contributed by atoms with Crippen LogP contribution in [-0.4, -0.2) is 69.4 Å². The second kappa shape index (κ2) is 57.4. The molecule has 0 aliphatic carbocycles. The average molecular weight is 1110 g/mol. The molecule has 0 aromatic carbocycles. The Morgan fingerprint density at radius 3 is 1.26 bits per heavy atom. The van der Waals surface area contributed by atoms with Gasteiger partial charge in [0, 0.05) is 12.8 Å². The van der Waals surface area contributed by atoms with Gasteiger partial charge in [-0.3, -0.25) is 14.2 Å². The van der Waals surface area contributed by atoms with Crippen LogP contribution in [0.1, 0.15) is 284 Å². The lowest BCUT2D eigenvalue weighted by atomic mass is 10.0. The molecule has 0 saturated carbocycles. The molecule has 3 atom stereocenters. The summed E-state index contributed by atoms with van der Waals surface area (Å²) in [5.41, 5.74) is 0. The van der Waals surface area contributed by atoms with Crippen LogP contribution >= 0.6 is 7.82 Å². The number of esters is 1. The van der Waals surface area contributed by atoms with E-state index in [-0.39, 0.29) is 31.3 Å². The van der Waals surface area contributed by atoms with Crippen LogP contribution in [0.5, 0.6) is 0 Å². The highest BCUT2D eigenvalue weighted by molar-refractivity contribution is 7.45. The van der Waals surface area contributed by atoms with Crippen molar-refractivity contribution in [2.24, 2.45) is 0 Å². The molecule has 0 fully saturated rings. The number of allylic oxidation sites excluding steroid dienone is 13. The summed E-state index contributed by atoms with van der Waals surface area (Å²) >= 11 is 0. The largest absolute Gasteiger partial charge is 0.756 e. The number of carbonyl (C=O) groups excluding carboxylic acids is 2. The lowest BCUT2D eigenvalue weighted by molar-refractivity contribution is -0.870. The molecule has 0 rings (SSSR count). The SMILES string of the molecule is CC/C=C/C/C=C/C/C=C/C/C=C/C/C=C/CCC(=O)NC(COP(=O)([O-])OCC[N+](C)(C)C)C(/C=C\CCCCCCCCCCCCC)OC(=O)CCCCCCCCCCCCCCC/C=C/CCCCCCCC. The van der Waals surface area contributed by atoms with E-state index in [9.17, 15) is 19.0 Å². The van der Waals surface area contributed by atoms with E-state index in [4.69, 9.17) is 13.8 Å². The third-order valence-electron chi connectivity index (χ3n) is 14.1. The van der Waals surface area contributed by atoms with E-state index in [0.717, 1.165) is 70.6 Å². The predicted octanol–water partition coefficient (Wildman–Crippen LogP) is 19.5. The van der Waals surface area contributed by atoms with Crippen molar-refractivity contribution >= 4 is 19.7 Å². The molecule has 10 heteroatoms. The van der Waals surface area contributed by atoms with Crippen LogP contribution < -0.4 is 10.2 Å². The monoisotopic (exact) mass is 1110 g/mol. The molecule has 9 nitrogen and oxygen atoms in total. The van der Waals surface area contributed by atoms with Crippen LogP contribution in [0, 0.1) is 0 Å². The first-order chi connectivity index (χ1) is 37.9. The second-order valence-electron chi connectivity index (χ2n) is 22.9. The van der Waals surface area contributed by atoms with Gasteiger partial charge in [0.15, 0.2) is 0 Å². The number of rotatable bonds is 58. The number of nitrogens with one attached hydrogen (secondary N) is 1. The van der Waals surface area contributed by atoms with Gasteiger partial charge in [-0.05, 0) is 89.5 Å². The molecule has 0 aliphatic heterocycles. The van der Waals surface area contributed by atoms with Gasteiger partial charge >= 0.3 is 5.97 Å². The number of likely N-dealkylation sites (N-methyl/N-ethyl adjacent to an activating group) is 1. The number of nitrogens with zero attached hydrogens (tertiary/aromatic N) is 1. The van der Waals surface area contributed by atoms with Gasteiger partial charge in [0.2, 0.25) is 5.91 Å². The van der Waals surface area contributed by atoms with Crippen molar-refractivity contribution in [1.29, 1.82) is 0 Å². The Morgan fingerprint density at radius 2 is 0.833 bits per heavy atom. The zero-order valence-electron chi connectivity index (χ0n) is 51.6. The maximum absolute atomic E-state index is 13.5. The number of phosphoric acid groups is 1. The van der Waals surface area contributed by atoms with Gasteiger partial charge in [-0.25, -0.2) is 0 Å². The zero-order valence-corrected chi connectivity index (χ0v) is 52.5. The number of hydrogen-bond donors (Lipinski definition) is 1. The van der Waals surface area contributed by atoms with Gasteiger partial charge in [0.1, 0.15) is 19.3 Å². The highest BCUT2D eigenvalue weighted by atomic mass is 31.2. The molecule has 0 aromatic rings. The number of phosphoric ester groups is 1. The van der Waals surface area contributed by atoms with Crippen LogP contribution in [0.4, 0.5) is 0 Å². The Bertz CT molecular complexity index is 1610. The first-order valence-electron chi connectivity index (χ1n) is 32.4. The van der Waals surface area contributed by atoms with Crippen molar-refractivity contribution in [2.75, 3.05) is 40.9 Å². The summed E-state index contributed by atoms with van der Waals surface area (Å²) < 4.78 is 30.3. The lowest BCUT2D eigenvalue weighted by Crippen LogP contribution is -2.47. The van der Waals surface area contributed by atoms with E-state index >= 15 is 0 Å². The molecule has 0 aromatic heterocycles. The van der Waals surface area contributed by atoms with E-state index in [0.29, 0.717) is 17.4 Å². The minimum atomic E-state index is -4.72. The number of hydrogen-bond acceptors (Lipinski definition) is 7. The molecule has 0 spiro atoms. The Morgan fingerprint density at radius 1 is 0.462 bits per heavy atom. The summed E-state index contributed by atoms with van der Waals surface area (Å²) in [4.78, 5) is 40.0. The highest BCUT2D eigenvalue weighted by Gasteiger charge is 2.27. The second-order valence-corrected chi connectivity index (χ2v) is 24.3. The maximum Gasteiger partial charge on any atom is 0.306 e. The summed E-state index contributed by atoms with van der Waals surface area (Å²) in [5.74, 6) is -0.634. The van der Waals surface area contributed by atoms with Crippen molar-refractivity contribution < 1.29 is 37.3 Å². The summed E-state index contributed by atoms with van der Waals surface area (Å²) in [7, 11) is 1.14. The highest BCUT2D eigenvalue weighted by Crippen LogP contribution is 2.38. The summed E-state index contributed by atoms with van der Waals surface area (Å²) in [6, 6.07) is -0.931. The smallest absolute Gasteiger partial charge is 0.306 e. The maximum atomic E-state index is 13.5.